The number of carboxylic acids is 1. The van der Waals surface area contributed by atoms with Crippen molar-refractivity contribution in [2.45, 2.75) is 89.3 Å². The molecule has 0 unspecified atom stereocenters. The number of morpholine rings is 1. The molecule has 2 atom stereocenters. The first-order chi connectivity index (χ1) is 22.7. The molecule has 1 saturated carbocycles. The molecule has 9 nitrogen and oxygen atoms in total. The average Bonchev–Trinajstić information content (AvgIpc) is 3.06. The maximum Gasteiger partial charge on any atom is 0.416 e. The van der Waals surface area contributed by atoms with Crippen molar-refractivity contribution in [3.05, 3.63) is 47.3 Å². The highest BCUT2D eigenvalue weighted by molar-refractivity contribution is 5.79. The molecule has 264 valence electrons. The summed E-state index contributed by atoms with van der Waals surface area (Å²) in [5.41, 5.74) is -2.23. The summed E-state index contributed by atoms with van der Waals surface area (Å²) < 4.78 is 87.8. The van der Waals surface area contributed by atoms with E-state index in [-0.39, 0.29) is 60.4 Å². The van der Waals surface area contributed by atoms with Crippen LogP contribution in [0.15, 0.2) is 30.6 Å². The Morgan fingerprint density at radius 2 is 1.52 bits per heavy atom. The highest BCUT2D eigenvalue weighted by atomic mass is 19.4. The first-order valence-electron chi connectivity index (χ1n) is 16.4. The maximum atomic E-state index is 13.7. The van der Waals surface area contributed by atoms with E-state index in [4.69, 9.17) is 9.84 Å². The largest absolute Gasteiger partial charge is 0.481 e. The number of halogens is 6. The van der Waals surface area contributed by atoms with Crippen LogP contribution in [0.25, 0.3) is 0 Å². The minimum atomic E-state index is -4.98. The molecule has 0 radical (unpaired) electrons. The molecule has 1 N–H and O–H groups in total. The van der Waals surface area contributed by atoms with Gasteiger partial charge in [-0.1, -0.05) is 6.92 Å². The lowest BCUT2D eigenvalue weighted by atomic mass is 9.79. The Bertz CT molecular complexity index is 1380. The molecule has 15 heteroatoms. The third-order valence-electron chi connectivity index (χ3n) is 9.80. The number of carboxylic acid groups (broad SMARTS) is 1. The van der Waals surface area contributed by atoms with Crippen molar-refractivity contribution in [2.75, 3.05) is 42.6 Å². The number of aliphatic carboxylic acids is 1. The van der Waals surface area contributed by atoms with Crippen LogP contribution in [0, 0.1) is 11.8 Å². The number of benzene rings is 1. The highest BCUT2D eigenvalue weighted by Crippen LogP contribution is 2.38. The van der Waals surface area contributed by atoms with Crippen molar-refractivity contribution in [1.29, 1.82) is 0 Å². The van der Waals surface area contributed by atoms with Gasteiger partial charge in [-0.2, -0.15) is 26.3 Å². The summed E-state index contributed by atoms with van der Waals surface area (Å²) in [4.78, 5) is 39.4. The molecular formula is C33H41F6N5O4. The number of likely N-dealkylation sites (tertiary alicyclic amines) is 1. The molecule has 3 aliphatic rings. The molecule has 5 rings (SSSR count). The predicted octanol–water partition coefficient (Wildman–Crippen LogP) is 6.41. The molecule has 2 aliphatic heterocycles. The summed E-state index contributed by atoms with van der Waals surface area (Å²) in [5.74, 6) is -0.814. The zero-order chi connectivity index (χ0) is 34.6. The molecule has 1 aromatic carbocycles. The monoisotopic (exact) mass is 685 g/mol. The van der Waals surface area contributed by atoms with E-state index in [2.05, 4.69) is 9.97 Å². The van der Waals surface area contributed by atoms with Gasteiger partial charge in [0.25, 0.3) is 0 Å². The van der Waals surface area contributed by atoms with E-state index in [9.17, 15) is 35.9 Å². The van der Waals surface area contributed by atoms with Gasteiger partial charge >= 0.3 is 18.3 Å². The van der Waals surface area contributed by atoms with Crippen LogP contribution < -0.4 is 9.80 Å². The molecule has 0 bridgehead atoms. The zero-order valence-electron chi connectivity index (χ0n) is 26.8. The van der Waals surface area contributed by atoms with Crippen LogP contribution in [0.5, 0.6) is 0 Å². The number of aromatic nitrogens is 2. The van der Waals surface area contributed by atoms with Gasteiger partial charge in [-0.25, -0.2) is 9.97 Å². The lowest BCUT2D eigenvalue weighted by Crippen LogP contribution is -2.53. The van der Waals surface area contributed by atoms with Crippen LogP contribution in [-0.4, -0.2) is 76.8 Å². The van der Waals surface area contributed by atoms with Crippen LogP contribution >= 0.6 is 0 Å². The smallest absolute Gasteiger partial charge is 0.416 e. The lowest BCUT2D eigenvalue weighted by Gasteiger charge is -2.45. The maximum absolute atomic E-state index is 13.7. The molecule has 3 fully saturated rings. The quantitative estimate of drug-likeness (QED) is 0.303. The van der Waals surface area contributed by atoms with Gasteiger partial charge in [0.05, 0.1) is 42.4 Å². The van der Waals surface area contributed by atoms with Gasteiger partial charge in [0.15, 0.2) is 0 Å². The number of anilines is 2. The van der Waals surface area contributed by atoms with Crippen molar-refractivity contribution in [1.82, 2.24) is 14.9 Å². The lowest BCUT2D eigenvalue weighted by molar-refractivity contribution is -0.144. The molecule has 0 spiro atoms. The second kappa shape index (κ2) is 14.9. The topological polar surface area (TPSA) is 99.1 Å². The highest BCUT2D eigenvalue weighted by Gasteiger charge is 2.40. The minimum Gasteiger partial charge on any atom is -0.481 e. The number of carbonyl (C=O) groups excluding carboxylic acids is 1. The first-order valence-corrected chi connectivity index (χ1v) is 16.4. The summed E-state index contributed by atoms with van der Waals surface area (Å²) in [6.45, 7) is 4.32. The standard InChI is InChI=1S/C33H41F6N5O4/c1-2-26-17-27(7-8-43(26)30(47)23-5-3-21(4-6-23)15-29(45)46)44(31-40-18-28(19-41-31)42-9-11-48-12-10-42)20-22-13-24(32(34,35)36)16-25(14-22)33(37,38)39/h13-14,16,18-19,21,23,26-27H,2-12,15,17,20H2,1H3,(H,45,46)/t21-,23-,26-,27-/m1/s1. The Balaban J connectivity index is 1.40. The van der Waals surface area contributed by atoms with Gasteiger partial charge in [0.1, 0.15) is 0 Å². The van der Waals surface area contributed by atoms with Gasteiger partial charge in [0, 0.05) is 50.6 Å². The van der Waals surface area contributed by atoms with E-state index in [1.807, 2.05) is 16.7 Å². The Kier molecular flexibility index (Phi) is 11.1. The number of rotatable bonds is 9. The van der Waals surface area contributed by atoms with Crippen molar-refractivity contribution < 1.29 is 45.8 Å². The summed E-state index contributed by atoms with van der Waals surface area (Å²) in [5, 5.41) is 9.13. The van der Waals surface area contributed by atoms with Gasteiger partial charge in [-0.15, -0.1) is 0 Å². The average molecular weight is 686 g/mol. The third kappa shape index (κ3) is 8.69. The summed E-state index contributed by atoms with van der Waals surface area (Å²) in [7, 11) is 0. The zero-order valence-corrected chi connectivity index (χ0v) is 26.8. The molecular weight excluding hydrogens is 644 g/mol. The molecule has 2 aromatic rings. The summed E-state index contributed by atoms with van der Waals surface area (Å²) >= 11 is 0. The third-order valence-corrected chi connectivity index (χ3v) is 9.80. The van der Waals surface area contributed by atoms with E-state index in [0.29, 0.717) is 77.8 Å². The number of piperidine rings is 1. The van der Waals surface area contributed by atoms with Crippen LogP contribution in [0.1, 0.15) is 75.0 Å². The molecule has 1 aliphatic carbocycles. The Morgan fingerprint density at radius 1 is 0.917 bits per heavy atom. The van der Waals surface area contributed by atoms with Gasteiger partial charge < -0.3 is 24.5 Å². The van der Waals surface area contributed by atoms with Gasteiger partial charge in [-0.3, -0.25) is 9.59 Å². The number of carbonyl (C=O) groups is 2. The number of hydrogen-bond donors (Lipinski definition) is 1. The second-order valence-electron chi connectivity index (χ2n) is 13.0. The van der Waals surface area contributed by atoms with Crippen LogP contribution in [0.3, 0.4) is 0 Å². The number of hydrogen-bond acceptors (Lipinski definition) is 7. The molecule has 48 heavy (non-hydrogen) atoms. The predicted molar refractivity (Wildman–Crippen MR) is 164 cm³/mol. The first kappa shape index (κ1) is 35.7. The minimum absolute atomic E-state index is 0.0134. The molecule has 2 saturated heterocycles. The number of ether oxygens (including phenoxy) is 1. The fourth-order valence-electron chi connectivity index (χ4n) is 7.20. The van der Waals surface area contributed by atoms with Crippen molar-refractivity contribution >= 4 is 23.5 Å². The SMILES string of the molecule is CC[C@@H]1C[C@H](N(Cc2cc(C(F)(F)F)cc(C(F)(F)F)c2)c2ncc(N3CCOCC3)cn2)CCN1C(=O)[C@H]1CC[C@H](CC(=O)O)CC1. The second-order valence-corrected chi connectivity index (χ2v) is 13.0. The van der Waals surface area contributed by atoms with Crippen LogP contribution in [-0.2, 0) is 33.2 Å². The fraction of sp³-hybridized carbons (Fsp3) is 0.636. The van der Waals surface area contributed by atoms with E-state index in [0.717, 1.165) is 17.8 Å². The molecule has 1 amide bonds. The Morgan fingerprint density at radius 3 is 2.06 bits per heavy atom. The van der Waals surface area contributed by atoms with E-state index in [1.165, 1.54) is 0 Å². The van der Waals surface area contributed by atoms with E-state index < -0.39 is 29.4 Å². The van der Waals surface area contributed by atoms with E-state index in [1.54, 1.807) is 17.3 Å². The van der Waals surface area contributed by atoms with E-state index >= 15 is 0 Å². The number of alkyl halides is 6. The van der Waals surface area contributed by atoms with Gasteiger partial charge in [0.2, 0.25) is 11.9 Å². The fourth-order valence-corrected chi connectivity index (χ4v) is 7.20. The van der Waals surface area contributed by atoms with Crippen molar-refractivity contribution in [3.63, 3.8) is 0 Å². The number of amides is 1. The Hall–Kier alpha value is -3.62. The molecule has 1 aromatic heterocycles. The van der Waals surface area contributed by atoms with Gasteiger partial charge in [-0.05, 0) is 74.6 Å². The van der Waals surface area contributed by atoms with Crippen molar-refractivity contribution in [3.8, 4) is 0 Å². The Labute approximate surface area is 275 Å². The normalized spacial score (nSPS) is 24.0. The van der Waals surface area contributed by atoms with Crippen LogP contribution in [0.4, 0.5) is 38.0 Å². The van der Waals surface area contributed by atoms with Crippen molar-refractivity contribution in [2.24, 2.45) is 11.8 Å². The summed E-state index contributed by atoms with van der Waals surface area (Å²) in [6, 6.07) is 1.01. The number of nitrogens with zero attached hydrogens (tertiary/aromatic N) is 5. The van der Waals surface area contributed by atoms with Crippen LogP contribution in [0.2, 0.25) is 0 Å². The molecule has 3 heterocycles. The summed E-state index contributed by atoms with van der Waals surface area (Å²) in [6.07, 6.45) is -2.68.